The summed E-state index contributed by atoms with van der Waals surface area (Å²) in [5.41, 5.74) is 2.84. The SMILES string of the molecule is Cn1ccnc1-c1cccc(-n2c3ccccc3c3ccc(-n4cc(-c5c(F)c(F)c(F)c(F)c5F)cn4)cc32)c1. The van der Waals surface area contributed by atoms with E-state index in [1.54, 1.807) is 12.3 Å². The van der Waals surface area contributed by atoms with Crippen molar-refractivity contribution in [2.75, 3.05) is 0 Å². The van der Waals surface area contributed by atoms with Crippen LogP contribution in [0, 0.1) is 29.1 Å². The number of aromatic nitrogens is 5. The van der Waals surface area contributed by atoms with Gasteiger partial charge in [-0.15, -0.1) is 0 Å². The van der Waals surface area contributed by atoms with Crippen molar-refractivity contribution in [3.05, 3.63) is 121 Å². The molecule has 10 heteroatoms. The average Bonchev–Trinajstić information content (AvgIpc) is 3.72. The number of hydrogen-bond donors (Lipinski definition) is 0. The maximum Gasteiger partial charge on any atom is 0.200 e. The Morgan fingerprint density at radius 2 is 1.39 bits per heavy atom. The zero-order valence-electron chi connectivity index (χ0n) is 21.3. The largest absolute Gasteiger partial charge is 0.334 e. The minimum atomic E-state index is -2.21. The van der Waals surface area contributed by atoms with Gasteiger partial charge in [0.05, 0.1) is 28.5 Å². The normalized spacial score (nSPS) is 11.7. The Morgan fingerprint density at radius 1 is 0.659 bits per heavy atom. The third kappa shape index (κ3) is 3.75. The van der Waals surface area contributed by atoms with Gasteiger partial charge in [0.25, 0.3) is 0 Å². The summed E-state index contributed by atoms with van der Waals surface area (Å²) >= 11 is 0. The maximum absolute atomic E-state index is 14.5. The minimum Gasteiger partial charge on any atom is -0.334 e. The van der Waals surface area contributed by atoms with Crippen LogP contribution in [-0.2, 0) is 7.05 Å². The molecule has 3 aromatic heterocycles. The Hall–Kier alpha value is -5.25. The van der Waals surface area contributed by atoms with E-state index < -0.39 is 34.6 Å². The molecule has 0 spiro atoms. The molecule has 4 aromatic carbocycles. The zero-order chi connectivity index (χ0) is 28.4. The van der Waals surface area contributed by atoms with Crippen LogP contribution in [0.25, 0.3) is 55.7 Å². The minimum absolute atomic E-state index is 0.249. The van der Waals surface area contributed by atoms with Crippen molar-refractivity contribution in [1.82, 2.24) is 23.9 Å². The molecule has 0 atom stereocenters. The lowest BCUT2D eigenvalue weighted by molar-refractivity contribution is 0.381. The van der Waals surface area contributed by atoms with Crippen LogP contribution in [0.2, 0.25) is 0 Å². The van der Waals surface area contributed by atoms with Crippen LogP contribution in [0.1, 0.15) is 0 Å². The average molecular weight is 556 g/mol. The van der Waals surface area contributed by atoms with Crippen molar-refractivity contribution < 1.29 is 22.0 Å². The van der Waals surface area contributed by atoms with E-state index in [0.29, 0.717) is 5.69 Å². The van der Waals surface area contributed by atoms with Gasteiger partial charge in [0, 0.05) is 53.2 Å². The first kappa shape index (κ1) is 24.8. The lowest BCUT2D eigenvalue weighted by Crippen LogP contribution is -2.03. The van der Waals surface area contributed by atoms with Gasteiger partial charge in [-0.1, -0.05) is 36.4 Å². The second-order valence-corrected chi connectivity index (χ2v) is 9.58. The summed E-state index contributed by atoms with van der Waals surface area (Å²) in [4.78, 5) is 4.46. The Bertz CT molecular complexity index is 2110. The standard InChI is InChI=1S/C31H18F5N5/c1-39-12-11-37-31(39)17-5-4-6-20(13-17)41-23-8-3-2-7-21(23)22-10-9-19(14-24(22)41)40-16-18(15-38-40)25-26(32)28(34)30(36)29(35)27(25)33/h2-16H,1H3. The fraction of sp³-hybridized carbons (Fsp3) is 0.0323. The van der Waals surface area contributed by atoms with E-state index in [9.17, 15) is 22.0 Å². The summed E-state index contributed by atoms with van der Waals surface area (Å²) in [6.07, 6.45) is 5.90. The van der Waals surface area contributed by atoms with Crippen molar-refractivity contribution in [2.45, 2.75) is 0 Å². The molecule has 7 aromatic rings. The molecule has 0 amide bonds. The topological polar surface area (TPSA) is 40.6 Å². The quantitative estimate of drug-likeness (QED) is 0.127. The molecule has 0 aliphatic carbocycles. The molecule has 202 valence electrons. The summed E-state index contributed by atoms with van der Waals surface area (Å²) in [7, 11) is 1.92. The first-order valence-corrected chi connectivity index (χ1v) is 12.5. The van der Waals surface area contributed by atoms with E-state index in [0.717, 1.165) is 45.1 Å². The first-order chi connectivity index (χ1) is 19.8. The molecule has 0 N–H and O–H groups in total. The smallest absolute Gasteiger partial charge is 0.200 e. The first-order valence-electron chi connectivity index (χ1n) is 12.5. The van der Waals surface area contributed by atoms with Gasteiger partial charge >= 0.3 is 0 Å². The molecule has 3 heterocycles. The lowest BCUT2D eigenvalue weighted by Gasteiger charge is -2.11. The highest BCUT2D eigenvalue weighted by Gasteiger charge is 2.27. The van der Waals surface area contributed by atoms with Gasteiger partial charge in [0.15, 0.2) is 23.3 Å². The van der Waals surface area contributed by atoms with E-state index >= 15 is 0 Å². The fourth-order valence-corrected chi connectivity index (χ4v) is 5.26. The van der Waals surface area contributed by atoms with Crippen molar-refractivity contribution >= 4 is 21.8 Å². The lowest BCUT2D eigenvalue weighted by atomic mass is 10.1. The predicted molar refractivity (Wildman–Crippen MR) is 145 cm³/mol. The van der Waals surface area contributed by atoms with Crippen LogP contribution in [0.4, 0.5) is 22.0 Å². The number of fused-ring (bicyclic) bond motifs is 3. The van der Waals surface area contributed by atoms with Gasteiger partial charge in [-0.2, -0.15) is 5.10 Å². The van der Waals surface area contributed by atoms with Crippen molar-refractivity contribution in [3.8, 4) is 33.9 Å². The van der Waals surface area contributed by atoms with Gasteiger partial charge in [0.1, 0.15) is 5.82 Å². The molecule has 0 fully saturated rings. The van der Waals surface area contributed by atoms with E-state index in [1.807, 2.05) is 78.5 Å². The molecule has 0 aliphatic heterocycles. The number of halogens is 5. The van der Waals surface area contributed by atoms with Crippen LogP contribution in [0.3, 0.4) is 0 Å². The van der Waals surface area contributed by atoms with E-state index in [-0.39, 0.29) is 5.56 Å². The van der Waals surface area contributed by atoms with Crippen LogP contribution >= 0.6 is 0 Å². The molecule has 0 radical (unpaired) electrons. The number of rotatable bonds is 4. The van der Waals surface area contributed by atoms with E-state index in [4.69, 9.17) is 0 Å². The number of benzene rings is 4. The molecule has 0 saturated heterocycles. The molecule has 0 saturated carbocycles. The fourth-order valence-electron chi connectivity index (χ4n) is 5.26. The van der Waals surface area contributed by atoms with Crippen molar-refractivity contribution in [1.29, 1.82) is 0 Å². The molecular formula is C31H18F5N5. The summed E-state index contributed by atoms with van der Waals surface area (Å²) in [6.45, 7) is 0. The van der Waals surface area contributed by atoms with Crippen molar-refractivity contribution in [2.24, 2.45) is 7.05 Å². The highest BCUT2D eigenvalue weighted by molar-refractivity contribution is 6.09. The van der Waals surface area contributed by atoms with Crippen LogP contribution in [0.5, 0.6) is 0 Å². The molecule has 0 aliphatic rings. The van der Waals surface area contributed by atoms with E-state index in [2.05, 4.69) is 14.6 Å². The van der Waals surface area contributed by atoms with Gasteiger partial charge in [0.2, 0.25) is 5.82 Å². The number of hydrogen-bond acceptors (Lipinski definition) is 2. The Balaban J connectivity index is 1.40. The molecule has 5 nitrogen and oxygen atoms in total. The summed E-state index contributed by atoms with van der Waals surface area (Å²) in [5, 5.41) is 6.14. The molecular weight excluding hydrogens is 537 g/mol. The number of nitrogens with zero attached hydrogens (tertiary/aromatic N) is 5. The Morgan fingerprint density at radius 3 is 2.15 bits per heavy atom. The number of para-hydroxylation sites is 1. The highest BCUT2D eigenvalue weighted by atomic mass is 19.2. The summed E-state index contributed by atoms with van der Waals surface area (Å²) in [5.74, 6) is -9.24. The molecule has 0 bridgehead atoms. The zero-order valence-corrected chi connectivity index (χ0v) is 21.3. The van der Waals surface area contributed by atoms with E-state index in [1.165, 1.54) is 10.9 Å². The van der Waals surface area contributed by atoms with Gasteiger partial charge in [-0.3, -0.25) is 0 Å². The molecule has 41 heavy (non-hydrogen) atoms. The van der Waals surface area contributed by atoms with Crippen LogP contribution in [0.15, 0.2) is 91.5 Å². The summed E-state index contributed by atoms with van der Waals surface area (Å²) in [6, 6.07) is 21.4. The predicted octanol–water partition coefficient (Wildman–Crippen LogP) is 7.73. The monoisotopic (exact) mass is 555 g/mol. The molecule has 0 unspecified atom stereocenters. The Kier molecular flexibility index (Phi) is 5.53. The van der Waals surface area contributed by atoms with Crippen LogP contribution in [-0.4, -0.2) is 23.9 Å². The van der Waals surface area contributed by atoms with Crippen LogP contribution < -0.4 is 0 Å². The molecule has 7 rings (SSSR count). The van der Waals surface area contributed by atoms with Gasteiger partial charge < -0.3 is 9.13 Å². The second kappa shape index (κ2) is 9.16. The maximum atomic E-state index is 14.5. The second-order valence-electron chi connectivity index (χ2n) is 9.58. The Labute approximate surface area is 229 Å². The number of aryl methyl sites for hydroxylation is 1. The third-order valence-electron chi connectivity index (χ3n) is 7.19. The summed E-state index contributed by atoms with van der Waals surface area (Å²) < 4.78 is 75.5. The van der Waals surface area contributed by atoms with Gasteiger partial charge in [-0.25, -0.2) is 31.6 Å². The van der Waals surface area contributed by atoms with Gasteiger partial charge in [-0.05, 0) is 30.3 Å². The number of imidazole rings is 1. The van der Waals surface area contributed by atoms with Crippen molar-refractivity contribution in [3.63, 3.8) is 0 Å². The third-order valence-corrected chi connectivity index (χ3v) is 7.19. The highest BCUT2D eigenvalue weighted by Crippen LogP contribution is 2.35.